The maximum Gasteiger partial charge on any atom is 0.410 e. The molecule has 2 heterocycles. The standard InChI is InChI=1S/C12H20N2O3/c1-8(15)13-5-9-6-14(10(9)7-13)11(16)17-12(2,3)4/h9-10H,5-7H2,1-4H3. The van der Waals surface area contributed by atoms with E-state index in [0.29, 0.717) is 19.0 Å². The van der Waals surface area contributed by atoms with Crippen LogP contribution in [-0.2, 0) is 9.53 Å². The van der Waals surface area contributed by atoms with Gasteiger partial charge in [-0.2, -0.15) is 0 Å². The summed E-state index contributed by atoms with van der Waals surface area (Å²) in [5.74, 6) is 0.523. The van der Waals surface area contributed by atoms with Gasteiger partial charge >= 0.3 is 6.09 Å². The van der Waals surface area contributed by atoms with Crippen LogP contribution in [0.3, 0.4) is 0 Å². The monoisotopic (exact) mass is 240 g/mol. The highest BCUT2D eigenvalue weighted by Gasteiger charge is 2.49. The Bertz CT molecular complexity index is 348. The second-order valence-corrected chi connectivity index (χ2v) is 5.88. The Labute approximate surface area is 102 Å². The molecule has 0 spiro atoms. The lowest BCUT2D eigenvalue weighted by Gasteiger charge is -2.43. The molecule has 17 heavy (non-hydrogen) atoms. The van der Waals surface area contributed by atoms with E-state index in [-0.39, 0.29) is 18.0 Å². The minimum Gasteiger partial charge on any atom is -0.444 e. The lowest BCUT2D eigenvalue weighted by Crippen LogP contribution is -2.59. The Morgan fingerprint density at radius 2 is 1.82 bits per heavy atom. The molecule has 0 aromatic carbocycles. The van der Waals surface area contributed by atoms with Crippen molar-refractivity contribution in [1.29, 1.82) is 0 Å². The molecule has 0 N–H and O–H groups in total. The third-order valence-electron chi connectivity index (χ3n) is 3.31. The van der Waals surface area contributed by atoms with Gasteiger partial charge in [-0.05, 0) is 20.8 Å². The van der Waals surface area contributed by atoms with Crippen molar-refractivity contribution in [2.75, 3.05) is 19.6 Å². The smallest absolute Gasteiger partial charge is 0.410 e. The first kappa shape index (κ1) is 12.2. The first-order chi connectivity index (χ1) is 7.78. The van der Waals surface area contributed by atoms with Crippen molar-refractivity contribution < 1.29 is 14.3 Å². The molecule has 2 atom stereocenters. The van der Waals surface area contributed by atoms with Gasteiger partial charge in [0.2, 0.25) is 5.91 Å². The molecule has 0 aromatic heterocycles. The zero-order valence-corrected chi connectivity index (χ0v) is 10.9. The highest BCUT2D eigenvalue weighted by atomic mass is 16.6. The normalized spacial score (nSPS) is 27.5. The maximum absolute atomic E-state index is 11.9. The summed E-state index contributed by atoms with van der Waals surface area (Å²) in [6, 6.07) is 0.161. The summed E-state index contributed by atoms with van der Waals surface area (Å²) in [7, 11) is 0. The van der Waals surface area contributed by atoms with Gasteiger partial charge in [-0.1, -0.05) is 0 Å². The van der Waals surface area contributed by atoms with Crippen LogP contribution in [0.5, 0.6) is 0 Å². The number of hydrogen-bond acceptors (Lipinski definition) is 3. The van der Waals surface area contributed by atoms with E-state index in [0.717, 1.165) is 6.54 Å². The lowest BCUT2D eigenvalue weighted by molar-refractivity contribution is -0.127. The average Bonchev–Trinajstić information content (AvgIpc) is 2.41. The summed E-state index contributed by atoms with van der Waals surface area (Å²) >= 11 is 0. The summed E-state index contributed by atoms with van der Waals surface area (Å²) in [6.45, 7) is 9.29. The third kappa shape index (κ3) is 2.37. The Balaban J connectivity index is 1.91. The average molecular weight is 240 g/mol. The van der Waals surface area contributed by atoms with Gasteiger partial charge < -0.3 is 14.5 Å². The van der Waals surface area contributed by atoms with Gasteiger partial charge in [-0.25, -0.2) is 4.79 Å². The summed E-state index contributed by atoms with van der Waals surface area (Å²) in [4.78, 5) is 26.7. The number of fused-ring (bicyclic) bond motifs is 1. The molecule has 0 aromatic rings. The molecule has 2 saturated heterocycles. The molecule has 0 aliphatic carbocycles. The Morgan fingerprint density at radius 1 is 1.18 bits per heavy atom. The summed E-state index contributed by atoms with van der Waals surface area (Å²) < 4.78 is 5.33. The van der Waals surface area contributed by atoms with Crippen molar-refractivity contribution in [3.8, 4) is 0 Å². The van der Waals surface area contributed by atoms with E-state index in [1.165, 1.54) is 0 Å². The Kier molecular flexibility index (Phi) is 2.79. The van der Waals surface area contributed by atoms with Crippen LogP contribution in [-0.4, -0.2) is 53.1 Å². The van der Waals surface area contributed by atoms with Crippen molar-refractivity contribution >= 4 is 12.0 Å². The fraction of sp³-hybridized carbons (Fsp3) is 0.833. The molecule has 2 aliphatic rings. The highest BCUT2D eigenvalue weighted by molar-refractivity contribution is 5.75. The number of rotatable bonds is 0. The molecular formula is C12H20N2O3. The topological polar surface area (TPSA) is 49.9 Å². The zero-order valence-electron chi connectivity index (χ0n) is 10.9. The quantitative estimate of drug-likeness (QED) is 0.636. The number of carbonyl (C=O) groups is 2. The van der Waals surface area contributed by atoms with Gasteiger partial charge in [0.25, 0.3) is 0 Å². The largest absolute Gasteiger partial charge is 0.444 e. The van der Waals surface area contributed by atoms with Gasteiger partial charge in [-0.3, -0.25) is 4.79 Å². The van der Waals surface area contributed by atoms with E-state index in [1.807, 2.05) is 20.8 Å². The minimum atomic E-state index is -0.457. The van der Waals surface area contributed by atoms with Crippen molar-refractivity contribution in [1.82, 2.24) is 9.80 Å². The second kappa shape index (κ2) is 3.89. The van der Waals surface area contributed by atoms with Crippen LogP contribution >= 0.6 is 0 Å². The Hall–Kier alpha value is -1.26. The van der Waals surface area contributed by atoms with Gasteiger partial charge in [0, 0.05) is 32.5 Å². The molecule has 0 radical (unpaired) electrons. The van der Waals surface area contributed by atoms with Crippen LogP contribution in [0.1, 0.15) is 27.7 Å². The number of ether oxygens (including phenoxy) is 1. The number of likely N-dealkylation sites (tertiary alicyclic amines) is 2. The lowest BCUT2D eigenvalue weighted by atomic mass is 9.93. The van der Waals surface area contributed by atoms with E-state index in [1.54, 1.807) is 16.7 Å². The molecule has 2 amide bonds. The zero-order chi connectivity index (χ0) is 12.8. The van der Waals surface area contributed by atoms with E-state index in [9.17, 15) is 9.59 Å². The van der Waals surface area contributed by atoms with Crippen LogP contribution in [0.15, 0.2) is 0 Å². The first-order valence-electron chi connectivity index (χ1n) is 6.03. The number of carbonyl (C=O) groups excluding carboxylic acids is 2. The van der Waals surface area contributed by atoms with Crippen LogP contribution in [0.2, 0.25) is 0 Å². The molecule has 2 unspecified atom stereocenters. The summed E-state index contributed by atoms with van der Waals surface area (Å²) in [6.07, 6.45) is -0.260. The molecule has 5 nitrogen and oxygen atoms in total. The van der Waals surface area contributed by atoms with E-state index >= 15 is 0 Å². The molecule has 2 rings (SSSR count). The maximum atomic E-state index is 11.9. The first-order valence-corrected chi connectivity index (χ1v) is 6.03. The van der Waals surface area contributed by atoms with Crippen molar-refractivity contribution in [3.05, 3.63) is 0 Å². The van der Waals surface area contributed by atoms with Crippen molar-refractivity contribution in [2.24, 2.45) is 5.92 Å². The SMILES string of the molecule is CC(=O)N1CC2CN(C(=O)OC(C)(C)C)C2C1. The second-order valence-electron chi connectivity index (χ2n) is 5.88. The van der Waals surface area contributed by atoms with E-state index < -0.39 is 5.60 Å². The molecule has 2 aliphatic heterocycles. The highest BCUT2D eigenvalue weighted by Crippen LogP contribution is 2.33. The fourth-order valence-corrected chi connectivity index (χ4v) is 2.42. The predicted octanol–water partition coefficient (Wildman–Crippen LogP) is 1.08. The van der Waals surface area contributed by atoms with Gasteiger partial charge in [0.15, 0.2) is 0 Å². The van der Waals surface area contributed by atoms with Crippen LogP contribution in [0.25, 0.3) is 0 Å². The fourth-order valence-electron chi connectivity index (χ4n) is 2.42. The molecular weight excluding hydrogens is 220 g/mol. The van der Waals surface area contributed by atoms with Gasteiger partial charge in [0.05, 0.1) is 6.04 Å². The number of hydrogen-bond donors (Lipinski definition) is 0. The third-order valence-corrected chi connectivity index (χ3v) is 3.31. The van der Waals surface area contributed by atoms with Crippen LogP contribution in [0, 0.1) is 5.92 Å². The molecule has 5 heteroatoms. The Morgan fingerprint density at radius 3 is 2.35 bits per heavy atom. The van der Waals surface area contributed by atoms with Crippen LogP contribution in [0.4, 0.5) is 4.79 Å². The minimum absolute atomic E-state index is 0.0866. The van der Waals surface area contributed by atoms with Crippen LogP contribution < -0.4 is 0 Å². The van der Waals surface area contributed by atoms with Crippen molar-refractivity contribution in [3.63, 3.8) is 0 Å². The predicted molar refractivity (Wildman–Crippen MR) is 62.5 cm³/mol. The van der Waals surface area contributed by atoms with Gasteiger partial charge in [-0.15, -0.1) is 0 Å². The molecule has 0 bridgehead atoms. The summed E-state index contributed by atoms with van der Waals surface area (Å²) in [5, 5.41) is 0. The number of amides is 2. The van der Waals surface area contributed by atoms with Crippen molar-refractivity contribution in [2.45, 2.75) is 39.3 Å². The number of nitrogens with zero attached hydrogens (tertiary/aromatic N) is 2. The molecule has 0 saturated carbocycles. The van der Waals surface area contributed by atoms with E-state index in [4.69, 9.17) is 4.74 Å². The molecule has 96 valence electrons. The van der Waals surface area contributed by atoms with Gasteiger partial charge in [0.1, 0.15) is 5.60 Å². The molecule has 2 fully saturated rings. The van der Waals surface area contributed by atoms with E-state index in [2.05, 4.69) is 0 Å². The summed E-state index contributed by atoms with van der Waals surface area (Å²) in [5.41, 5.74) is -0.457.